The summed E-state index contributed by atoms with van der Waals surface area (Å²) in [6.45, 7) is 0. The summed E-state index contributed by atoms with van der Waals surface area (Å²) in [5.41, 5.74) is 2.39. The van der Waals surface area contributed by atoms with Crippen molar-refractivity contribution in [3.8, 4) is 5.82 Å². The van der Waals surface area contributed by atoms with E-state index in [2.05, 4.69) is 20.3 Å². The molecule has 1 aliphatic rings. The summed E-state index contributed by atoms with van der Waals surface area (Å²) in [5.74, 6) is 1.26. The van der Waals surface area contributed by atoms with Gasteiger partial charge in [-0.1, -0.05) is 11.6 Å². The lowest BCUT2D eigenvalue weighted by Gasteiger charge is -2.14. The number of aromatic nitrogens is 4. The molecule has 1 N–H and O–H groups in total. The monoisotopic (exact) mass is 263 g/mol. The summed E-state index contributed by atoms with van der Waals surface area (Å²) in [4.78, 5) is 13.0. The molecule has 0 aliphatic heterocycles. The largest absolute Gasteiger partial charge is 0.357 e. The minimum absolute atomic E-state index is 0.541. The second-order valence-electron chi connectivity index (χ2n) is 4.33. The first-order valence-corrected chi connectivity index (χ1v) is 6.43. The van der Waals surface area contributed by atoms with Gasteiger partial charge >= 0.3 is 0 Å². The standard InChI is InChI=1S/C12H14ClN5/c1-14-12-15-6-8(13)11(17-12)18-7-16-9-4-2-3-5-10(9)18/h6-7H,2-5H2,1H3,(H,14,15,17). The Morgan fingerprint density at radius 3 is 2.94 bits per heavy atom. The molecule has 0 bridgehead atoms. The van der Waals surface area contributed by atoms with Gasteiger partial charge in [-0.3, -0.25) is 4.57 Å². The Hall–Kier alpha value is -1.62. The van der Waals surface area contributed by atoms with E-state index >= 15 is 0 Å². The Bertz CT molecular complexity index is 578. The first kappa shape index (κ1) is 11.5. The van der Waals surface area contributed by atoms with Gasteiger partial charge in [-0.25, -0.2) is 9.97 Å². The first-order chi connectivity index (χ1) is 8.79. The van der Waals surface area contributed by atoms with E-state index in [0.717, 1.165) is 12.8 Å². The minimum atomic E-state index is 0.541. The summed E-state index contributed by atoms with van der Waals surface area (Å²) in [7, 11) is 1.79. The van der Waals surface area contributed by atoms with E-state index < -0.39 is 0 Å². The highest BCUT2D eigenvalue weighted by atomic mass is 35.5. The van der Waals surface area contributed by atoms with Gasteiger partial charge in [0.05, 0.1) is 11.9 Å². The van der Waals surface area contributed by atoms with Crippen LogP contribution in [-0.2, 0) is 12.8 Å². The van der Waals surface area contributed by atoms with E-state index in [0.29, 0.717) is 16.8 Å². The summed E-state index contributed by atoms with van der Waals surface area (Å²) >= 11 is 6.19. The van der Waals surface area contributed by atoms with Crippen molar-refractivity contribution in [2.45, 2.75) is 25.7 Å². The fourth-order valence-electron chi connectivity index (χ4n) is 2.30. The molecule has 2 aromatic heterocycles. The van der Waals surface area contributed by atoms with E-state index in [-0.39, 0.29) is 0 Å². The molecule has 2 heterocycles. The zero-order chi connectivity index (χ0) is 12.5. The van der Waals surface area contributed by atoms with Crippen LogP contribution < -0.4 is 5.32 Å². The second-order valence-corrected chi connectivity index (χ2v) is 4.74. The lowest BCUT2D eigenvalue weighted by Crippen LogP contribution is -2.09. The van der Waals surface area contributed by atoms with Crippen LogP contribution in [0.1, 0.15) is 24.2 Å². The number of imidazole rings is 1. The summed E-state index contributed by atoms with van der Waals surface area (Å²) in [6.07, 6.45) is 7.91. The smallest absolute Gasteiger partial charge is 0.224 e. The molecule has 2 aromatic rings. The van der Waals surface area contributed by atoms with Crippen molar-refractivity contribution in [2.75, 3.05) is 12.4 Å². The number of rotatable bonds is 2. The van der Waals surface area contributed by atoms with Crippen molar-refractivity contribution in [2.24, 2.45) is 0 Å². The van der Waals surface area contributed by atoms with Crippen molar-refractivity contribution in [3.05, 3.63) is 28.9 Å². The van der Waals surface area contributed by atoms with Gasteiger partial charge in [0.1, 0.15) is 11.3 Å². The van der Waals surface area contributed by atoms with E-state index in [1.807, 2.05) is 10.9 Å². The molecule has 6 heteroatoms. The van der Waals surface area contributed by atoms with Crippen LogP contribution in [0, 0.1) is 0 Å². The van der Waals surface area contributed by atoms with E-state index in [4.69, 9.17) is 11.6 Å². The Labute approximate surface area is 110 Å². The number of anilines is 1. The van der Waals surface area contributed by atoms with Crippen LogP contribution >= 0.6 is 11.6 Å². The third kappa shape index (κ3) is 1.84. The van der Waals surface area contributed by atoms with Gasteiger partial charge in [-0.2, -0.15) is 4.98 Å². The average molecular weight is 264 g/mol. The molecule has 0 saturated heterocycles. The fourth-order valence-corrected chi connectivity index (χ4v) is 2.48. The predicted octanol–water partition coefficient (Wildman–Crippen LogP) is 2.24. The van der Waals surface area contributed by atoms with Crippen LogP contribution in [0.15, 0.2) is 12.5 Å². The molecule has 5 nitrogen and oxygen atoms in total. The fraction of sp³-hybridized carbons (Fsp3) is 0.417. The molecule has 0 saturated carbocycles. The van der Waals surface area contributed by atoms with Crippen LogP contribution in [-0.4, -0.2) is 26.6 Å². The van der Waals surface area contributed by atoms with Crippen LogP contribution in [0.5, 0.6) is 0 Å². The molecule has 94 valence electrons. The molecule has 0 fully saturated rings. The number of fused-ring (bicyclic) bond motifs is 1. The summed E-state index contributed by atoms with van der Waals surface area (Å²) < 4.78 is 1.99. The zero-order valence-corrected chi connectivity index (χ0v) is 10.9. The van der Waals surface area contributed by atoms with Crippen molar-refractivity contribution in [1.82, 2.24) is 19.5 Å². The number of halogens is 1. The topological polar surface area (TPSA) is 55.6 Å². The Morgan fingerprint density at radius 1 is 1.28 bits per heavy atom. The number of aryl methyl sites for hydroxylation is 1. The Balaban J connectivity index is 2.11. The SMILES string of the molecule is CNc1ncc(Cl)c(-n2cnc3c2CCCC3)n1. The molecular weight excluding hydrogens is 250 g/mol. The van der Waals surface area contributed by atoms with Gasteiger partial charge in [0, 0.05) is 12.7 Å². The Morgan fingerprint density at radius 2 is 2.11 bits per heavy atom. The minimum Gasteiger partial charge on any atom is -0.357 e. The Kier molecular flexibility index (Phi) is 2.91. The van der Waals surface area contributed by atoms with Gasteiger partial charge in [0.2, 0.25) is 5.95 Å². The molecule has 18 heavy (non-hydrogen) atoms. The van der Waals surface area contributed by atoms with E-state index in [9.17, 15) is 0 Å². The van der Waals surface area contributed by atoms with Crippen LogP contribution in [0.4, 0.5) is 5.95 Å². The number of nitrogens with zero attached hydrogens (tertiary/aromatic N) is 4. The quantitative estimate of drug-likeness (QED) is 0.903. The van der Waals surface area contributed by atoms with E-state index in [1.54, 1.807) is 13.2 Å². The van der Waals surface area contributed by atoms with Gasteiger partial charge in [-0.15, -0.1) is 0 Å². The second kappa shape index (κ2) is 4.57. The zero-order valence-electron chi connectivity index (χ0n) is 10.1. The lowest BCUT2D eigenvalue weighted by molar-refractivity contribution is 0.654. The lowest BCUT2D eigenvalue weighted by atomic mass is 10.0. The molecule has 1 aliphatic carbocycles. The van der Waals surface area contributed by atoms with Crippen molar-refractivity contribution < 1.29 is 0 Å². The van der Waals surface area contributed by atoms with Gasteiger partial charge in [0.15, 0.2) is 5.82 Å². The van der Waals surface area contributed by atoms with Gasteiger partial charge in [0.25, 0.3) is 0 Å². The third-order valence-electron chi connectivity index (χ3n) is 3.21. The van der Waals surface area contributed by atoms with Crippen molar-refractivity contribution in [3.63, 3.8) is 0 Å². The normalized spacial score (nSPS) is 14.3. The van der Waals surface area contributed by atoms with Crippen molar-refractivity contribution >= 4 is 17.5 Å². The summed E-state index contributed by atoms with van der Waals surface area (Å²) in [5, 5.41) is 3.46. The molecule has 0 atom stereocenters. The predicted molar refractivity (Wildman–Crippen MR) is 70.4 cm³/mol. The molecular formula is C12H14ClN5. The third-order valence-corrected chi connectivity index (χ3v) is 3.47. The van der Waals surface area contributed by atoms with Crippen LogP contribution in [0.3, 0.4) is 0 Å². The number of nitrogens with one attached hydrogen (secondary N) is 1. The highest BCUT2D eigenvalue weighted by Gasteiger charge is 2.18. The highest BCUT2D eigenvalue weighted by molar-refractivity contribution is 6.32. The van der Waals surface area contributed by atoms with Gasteiger partial charge in [-0.05, 0) is 25.7 Å². The summed E-state index contributed by atoms with van der Waals surface area (Å²) in [6, 6.07) is 0. The molecule has 3 rings (SSSR count). The van der Waals surface area contributed by atoms with Gasteiger partial charge < -0.3 is 5.32 Å². The maximum atomic E-state index is 6.19. The highest BCUT2D eigenvalue weighted by Crippen LogP contribution is 2.26. The molecule has 0 unspecified atom stereocenters. The van der Waals surface area contributed by atoms with Crippen LogP contribution in [0.2, 0.25) is 5.02 Å². The average Bonchev–Trinajstić information content (AvgIpc) is 2.83. The number of hydrogen-bond acceptors (Lipinski definition) is 4. The first-order valence-electron chi connectivity index (χ1n) is 6.05. The molecule has 0 amide bonds. The van der Waals surface area contributed by atoms with Crippen LogP contribution in [0.25, 0.3) is 5.82 Å². The maximum Gasteiger partial charge on any atom is 0.224 e. The number of hydrogen-bond donors (Lipinski definition) is 1. The van der Waals surface area contributed by atoms with Crippen molar-refractivity contribution in [1.29, 1.82) is 0 Å². The maximum absolute atomic E-state index is 6.19. The molecule has 0 aromatic carbocycles. The molecule has 0 radical (unpaired) electrons. The van der Waals surface area contributed by atoms with E-state index in [1.165, 1.54) is 24.2 Å². The molecule has 0 spiro atoms.